The molecular weight excluding hydrogens is 276 g/mol. The molecule has 0 spiro atoms. The van der Waals surface area contributed by atoms with Gasteiger partial charge in [-0.05, 0) is 0 Å². The third kappa shape index (κ3) is 3.72. The van der Waals surface area contributed by atoms with Gasteiger partial charge in [0.2, 0.25) is 0 Å². The first kappa shape index (κ1) is 12.4. The van der Waals surface area contributed by atoms with Crippen LogP contribution >= 0.6 is 34.8 Å². The second-order valence-electron chi connectivity index (χ2n) is 3.15. The van der Waals surface area contributed by atoms with Crippen LogP contribution in [0.25, 0.3) is 0 Å². The van der Waals surface area contributed by atoms with E-state index in [2.05, 4.69) is 19.0 Å². The highest BCUT2D eigenvalue weighted by molar-refractivity contribution is 7.98. The highest BCUT2D eigenvalue weighted by Crippen LogP contribution is 2.17. The summed E-state index contributed by atoms with van der Waals surface area (Å²) in [6.45, 7) is 0.805. The van der Waals surface area contributed by atoms with Gasteiger partial charge in [0.05, 0.1) is 17.4 Å². The Balaban J connectivity index is 1.62. The molecular formula is C8H12N6S3. The van der Waals surface area contributed by atoms with Gasteiger partial charge in [0.1, 0.15) is 0 Å². The molecule has 0 fully saturated rings. The molecule has 0 saturated heterocycles. The molecule has 0 aromatic carbocycles. The number of rotatable bonds is 6. The van der Waals surface area contributed by atoms with Gasteiger partial charge < -0.3 is 16.8 Å². The highest BCUT2D eigenvalue weighted by Gasteiger charge is 2.02. The zero-order chi connectivity index (χ0) is 12.1. The largest absolute Gasteiger partial charge is 0.380 e. The third-order valence-electron chi connectivity index (χ3n) is 1.87. The van der Waals surface area contributed by atoms with E-state index in [1.807, 2.05) is 5.38 Å². The van der Waals surface area contributed by atoms with Gasteiger partial charge in [0, 0.05) is 23.4 Å². The summed E-state index contributed by atoms with van der Waals surface area (Å²) >= 11 is 4.37. The fourth-order valence-corrected chi connectivity index (χ4v) is 3.00. The molecule has 0 aliphatic rings. The molecule has 6 nitrogen and oxygen atoms in total. The lowest BCUT2D eigenvalue weighted by molar-refractivity contribution is 1.19. The average molecular weight is 288 g/mol. The lowest BCUT2D eigenvalue weighted by Crippen LogP contribution is -2.06. The Morgan fingerprint density at radius 1 is 1.35 bits per heavy atom. The molecule has 0 atom stereocenters. The van der Waals surface area contributed by atoms with Crippen LogP contribution in [0.5, 0.6) is 0 Å². The monoisotopic (exact) mass is 288 g/mol. The summed E-state index contributed by atoms with van der Waals surface area (Å²) in [6.07, 6.45) is 0. The number of thioether (sulfide) groups is 1. The Kier molecular flexibility index (Phi) is 4.40. The Morgan fingerprint density at radius 3 is 2.88 bits per heavy atom. The summed E-state index contributed by atoms with van der Waals surface area (Å²) in [5.74, 6) is 2.97. The lowest BCUT2D eigenvalue weighted by atomic mass is 10.6. The van der Waals surface area contributed by atoms with Crippen molar-refractivity contribution in [3.05, 3.63) is 11.1 Å². The molecule has 9 heteroatoms. The molecule has 0 saturated carbocycles. The van der Waals surface area contributed by atoms with Gasteiger partial charge in [-0.15, -0.1) is 11.3 Å². The van der Waals surface area contributed by atoms with Crippen LogP contribution in [-0.2, 0) is 5.75 Å². The van der Waals surface area contributed by atoms with Crippen LogP contribution in [0, 0.1) is 0 Å². The average Bonchev–Trinajstić information content (AvgIpc) is 2.88. The van der Waals surface area contributed by atoms with E-state index in [0.717, 1.165) is 35.5 Å². The zero-order valence-corrected chi connectivity index (χ0v) is 11.4. The number of nitrogen functional groups attached to an aromatic ring is 2. The van der Waals surface area contributed by atoms with Crippen LogP contribution in [0.2, 0.25) is 0 Å². The number of aromatic nitrogens is 3. The number of nitrogens with one attached hydrogen (secondary N) is 1. The molecule has 2 aromatic rings. The van der Waals surface area contributed by atoms with Crippen LogP contribution in [-0.4, -0.2) is 26.0 Å². The molecule has 0 radical (unpaired) electrons. The minimum absolute atomic E-state index is 0.465. The SMILES string of the molecule is Nc1nc(CSCCNc2nsnc2N)cs1. The van der Waals surface area contributed by atoms with E-state index in [1.165, 1.54) is 11.3 Å². The Hall–Kier alpha value is -1.06. The number of thiazole rings is 1. The summed E-state index contributed by atoms with van der Waals surface area (Å²) in [4.78, 5) is 4.19. The normalized spacial score (nSPS) is 10.6. The third-order valence-corrected chi connectivity index (χ3v) is 4.13. The first-order valence-corrected chi connectivity index (χ1v) is 7.61. The van der Waals surface area contributed by atoms with Crippen LogP contribution in [0.3, 0.4) is 0 Å². The van der Waals surface area contributed by atoms with Crippen LogP contribution in [0.1, 0.15) is 5.69 Å². The molecule has 2 heterocycles. The second kappa shape index (κ2) is 6.03. The lowest BCUT2D eigenvalue weighted by Gasteiger charge is -2.02. The number of hydrogen-bond acceptors (Lipinski definition) is 9. The maximum Gasteiger partial charge on any atom is 0.184 e. The molecule has 2 aromatic heterocycles. The fraction of sp³-hybridized carbons (Fsp3) is 0.375. The van der Waals surface area contributed by atoms with E-state index in [0.29, 0.717) is 16.8 Å². The van der Waals surface area contributed by atoms with Crippen molar-refractivity contribution in [2.24, 2.45) is 0 Å². The molecule has 0 bridgehead atoms. The van der Waals surface area contributed by atoms with Crippen LogP contribution in [0.15, 0.2) is 5.38 Å². The van der Waals surface area contributed by atoms with Gasteiger partial charge >= 0.3 is 0 Å². The van der Waals surface area contributed by atoms with E-state index in [9.17, 15) is 0 Å². The van der Waals surface area contributed by atoms with Crippen molar-refractivity contribution in [3.8, 4) is 0 Å². The molecule has 0 unspecified atom stereocenters. The van der Waals surface area contributed by atoms with Gasteiger partial charge in [-0.1, -0.05) is 0 Å². The van der Waals surface area contributed by atoms with Gasteiger partial charge in [-0.2, -0.15) is 20.5 Å². The Bertz CT molecular complexity index is 467. The van der Waals surface area contributed by atoms with Crippen molar-refractivity contribution in [2.45, 2.75) is 5.75 Å². The van der Waals surface area contributed by atoms with Crippen LogP contribution in [0.4, 0.5) is 16.8 Å². The topological polar surface area (TPSA) is 103 Å². The van der Waals surface area contributed by atoms with Crippen molar-refractivity contribution < 1.29 is 0 Å². The summed E-state index contributed by atoms with van der Waals surface area (Å²) in [6, 6.07) is 0. The number of hydrogen-bond donors (Lipinski definition) is 3. The quantitative estimate of drug-likeness (QED) is 0.692. The van der Waals surface area contributed by atoms with E-state index in [1.54, 1.807) is 11.8 Å². The first-order chi connectivity index (χ1) is 8.25. The number of nitrogens with zero attached hydrogens (tertiary/aromatic N) is 3. The smallest absolute Gasteiger partial charge is 0.184 e. The van der Waals surface area contributed by atoms with Crippen LogP contribution < -0.4 is 16.8 Å². The summed E-state index contributed by atoms with van der Waals surface area (Å²) in [5.41, 5.74) is 12.2. The van der Waals surface area contributed by atoms with Gasteiger partial charge in [0.15, 0.2) is 16.8 Å². The molecule has 2 rings (SSSR count). The molecule has 92 valence electrons. The van der Waals surface area contributed by atoms with E-state index in [4.69, 9.17) is 11.5 Å². The Labute approximate surface area is 111 Å². The predicted octanol–water partition coefficient (Wildman–Crippen LogP) is 1.50. The van der Waals surface area contributed by atoms with E-state index in [-0.39, 0.29) is 0 Å². The minimum Gasteiger partial charge on any atom is -0.380 e. The number of nitrogens with two attached hydrogens (primary N) is 2. The molecule has 0 amide bonds. The standard InChI is InChI=1S/C8H12N6S3/c9-6-7(14-17-13-6)11-1-2-15-3-5-4-16-8(10)12-5/h4H,1-3H2,(H2,9,13)(H2,10,12)(H,11,14). The maximum absolute atomic E-state index is 5.59. The highest BCUT2D eigenvalue weighted by atomic mass is 32.2. The number of anilines is 3. The summed E-state index contributed by atoms with van der Waals surface area (Å²) in [7, 11) is 0. The summed E-state index contributed by atoms with van der Waals surface area (Å²) < 4.78 is 7.92. The first-order valence-electron chi connectivity index (χ1n) is 4.85. The molecule has 0 aliphatic carbocycles. The predicted molar refractivity (Wildman–Crippen MR) is 75.5 cm³/mol. The van der Waals surface area contributed by atoms with Gasteiger partial charge in [-0.3, -0.25) is 0 Å². The zero-order valence-electron chi connectivity index (χ0n) is 8.92. The van der Waals surface area contributed by atoms with Crippen molar-refractivity contribution >= 4 is 51.6 Å². The van der Waals surface area contributed by atoms with E-state index >= 15 is 0 Å². The second-order valence-corrected chi connectivity index (χ2v) is 5.68. The van der Waals surface area contributed by atoms with Gasteiger partial charge in [-0.25, -0.2) is 4.98 Å². The van der Waals surface area contributed by atoms with Crippen molar-refractivity contribution in [2.75, 3.05) is 29.1 Å². The Morgan fingerprint density at radius 2 is 2.24 bits per heavy atom. The summed E-state index contributed by atoms with van der Waals surface area (Å²) in [5, 5.41) is 5.74. The minimum atomic E-state index is 0.465. The van der Waals surface area contributed by atoms with Crippen molar-refractivity contribution in [3.63, 3.8) is 0 Å². The van der Waals surface area contributed by atoms with Crippen molar-refractivity contribution in [1.29, 1.82) is 0 Å². The molecule has 5 N–H and O–H groups in total. The van der Waals surface area contributed by atoms with Gasteiger partial charge in [0.25, 0.3) is 0 Å². The van der Waals surface area contributed by atoms with E-state index < -0.39 is 0 Å². The molecule has 0 aliphatic heterocycles. The molecule has 17 heavy (non-hydrogen) atoms. The fourth-order valence-electron chi connectivity index (χ4n) is 1.13. The maximum atomic E-state index is 5.59. The van der Waals surface area contributed by atoms with Crippen molar-refractivity contribution in [1.82, 2.24) is 13.7 Å².